The first-order valence-electron chi connectivity index (χ1n) is 10.4. The summed E-state index contributed by atoms with van der Waals surface area (Å²) in [6, 6.07) is 20.9. The molecule has 1 fully saturated rings. The molecule has 1 N–H and O–H groups in total. The van der Waals surface area contributed by atoms with Gasteiger partial charge in [-0.15, -0.1) is 0 Å². The summed E-state index contributed by atoms with van der Waals surface area (Å²) in [5.41, 5.74) is 6.15. The number of nitrogens with zero attached hydrogens (tertiary/aromatic N) is 2. The standard InChI is InChI=1S/C24H22FN3O3S/c25-22-9-8-20-10-11-27(23(20)13-22)14-18-2-1-3-21(12-18)19-6-4-17(5-7-19)15-28-16-24(29)26-32(28,30)31/h1-9,12-13H,10-11,14-16H2,(H,26,29). The Morgan fingerprint density at radius 3 is 2.47 bits per heavy atom. The highest BCUT2D eigenvalue weighted by molar-refractivity contribution is 7.88. The first-order chi connectivity index (χ1) is 15.4. The maximum Gasteiger partial charge on any atom is 0.304 e. The summed E-state index contributed by atoms with van der Waals surface area (Å²) >= 11 is 0. The molecular weight excluding hydrogens is 429 g/mol. The highest BCUT2D eigenvalue weighted by Gasteiger charge is 2.33. The molecule has 3 aromatic carbocycles. The van der Waals surface area contributed by atoms with E-state index in [0.29, 0.717) is 6.54 Å². The summed E-state index contributed by atoms with van der Waals surface area (Å²) < 4.78 is 40.6. The molecule has 0 saturated carbocycles. The lowest BCUT2D eigenvalue weighted by molar-refractivity contribution is -0.118. The minimum Gasteiger partial charge on any atom is -0.367 e. The number of anilines is 1. The molecule has 0 aromatic heterocycles. The lowest BCUT2D eigenvalue weighted by Crippen LogP contribution is -2.29. The largest absolute Gasteiger partial charge is 0.367 e. The molecule has 2 aliphatic heterocycles. The number of rotatable bonds is 5. The van der Waals surface area contributed by atoms with E-state index in [-0.39, 0.29) is 18.9 Å². The zero-order valence-electron chi connectivity index (χ0n) is 17.3. The van der Waals surface area contributed by atoms with Crippen molar-refractivity contribution < 1.29 is 17.6 Å². The van der Waals surface area contributed by atoms with Gasteiger partial charge in [0.2, 0.25) is 5.91 Å². The van der Waals surface area contributed by atoms with Crippen molar-refractivity contribution >= 4 is 21.8 Å². The van der Waals surface area contributed by atoms with Crippen molar-refractivity contribution in [3.63, 3.8) is 0 Å². The van der Waals surface area contributed by atoms with E-state index in [1.807, 2.05) is 47.2 Å². The third-order valence-corrected chi connectivity index (χ3v) is 7.31. The van der Waals surface area contributed by atoms with Gasteiger partial charge in [0.1, 0.15) is 5.82 Å². The van der Waals surface area contributed by atoms with Gasteiger partial charge in [0.15, 0.2) is 0 Å². The number of hydrogen-bond donors (Lipinski definition) is 1. The van der Waals surface area contributed by atoms with E-state index in [9.17, 15) is 17.6 Å². The minimum absolute atomic E-state index is 0.145. The van der Waals surface area contributed by atoms with Crippen molar-refractivity contribution in [2.24, 2.45) is 0 Å². The molecule has 1 amide bonds. The molecule has 164 valence electrons. The second-order valence-electron chi connectivity index (χ2n) is 8.14. The van der Waals surface area contributed by atoms with Crippen molar-refractivity contribution in [2.45, 2.75) is 19.5 Å². The van der Waals surface area contributed by atoms with Crippen LogP contribution in [0.4, 0.5) is 10.1 Å². The normalized spacial score (nSPS) is 17.4. The van der Waals surface area contributed by atoms with Crippen LogP contribution in [0.25, 0.3) is 11.1 Å². The Labute approximate surface area is 186 Å². The molecule has 0 unspecified atom stereocenters. The van der Waals surface area contributed by atoms with Crippen LogP contribution in [-0.4, -0.2) is 31.7 Å². The average molecular weight is 452 g/mol. The first kappa shape index (κ1) is 20.7. The summed E-state index contributed by atoms with van der Waals surface area (Å²) in [6.45, 7) is 1.56. The van der Waals surface area contributed by atoms with Gasteiger partial charge in [-0.3, -0.25) is 4.79 Å². The smallest absolute Gasteiger partial charge is 0.304 e. The zero-order chi connectivity index (χ0) is 22.3. The summed E-state index contributed by atoms with van der Waals surface area (Å²) in [5.74, 6) is -0.729. The summed E-state index contributed by atoms with van der Waals surface area (Å²) in [6.07, 6.45) is 0.921. The minimum atomic E-state index is -3.73. The van der Waals surface area contributed by atoms with Crippen molar-refractivity contribution in [3.05, 3.63) is 89.2 Å². The van der Waals surface area contributed by atoms with E-state index in [1.165, 1.54) is 11.6 Å². The van der Waals surface area contributed by atoms with E-state index in [0.717, 1.165) is 45.2 Å². The molecule has 0 spiro atoms. The Morgan fingerprint density at radius 1 is 0.906 bits per heavy atom. The van der Waals surface area contributed by atoms with Gasteiger partial charge in [-0.2, -0.15) is 12.7 Å². The van der Waals surface area contributed by atoms with E-state index in [1.54, 1.807) is 6.07 Å². The predicted molar refractivity (Wildman–Crippen MR) is 121 cm³/mol. The SMILES string of the molecule is O=C1CN(Cc2ccc(-c3cccc(CN4CCc5ccc(F)cc54)c3)cc2)S(=O)(=O)N1. The van der Waals surface area contributed by atoms with Crippen LogP contribution in [-0.2, 0) is 34.5 Å². The quantitative estimate of drug-likeness (QED) is 0.647. The molecule has 0 aliphatic carbocycles. The molecule has 5 rings (SSSR count). The van der Waals surface area contributed by atoms with Gasteiger partial charge in [-0.25, -0.2) is 9.11 Å². The Morgan fingerprint density at radius 2 is 1.72 bits per heavy atom. The number of amides is 1. The number of carbonyl (C=O) groups excluding carboxylic acids is 1. The van der Waals surface area contributed by atoms with Crippen LogP contribution in [0.1, 0.15) is 16.7 Å². The molecule has 2 heterocycles. The van der Waals surface area contributed by atoms with Crippen LogP contribution >= 0.6 is 0 Å². The maximum absolute atomic E-state index is 13.7. The average Bonchev–Trinajstić information content (AvgIpc) is 3.27. The van der Waals surface area contributed by atoms with Crippen LogP contribution in [0.5, 0.6) is 0 Å². The number of nitrogens with one attached hydrogen (secondary N) is 1. The topological polar surface area (TPSA) is 69.7 Å². The number of carbonyl (C=O) groups is 1. The molecule has 8 heteroatoms. The van der Waals surface area contributed by atoms with Gasteiger partial charge in [0.25, 0.3) is 0 Å². The predicted octanol–water partition coefficient (Wildman–Crippen LogP) is 3.23. The Hall–Kier alpha value is -3.23. The summed E-state index contributed by atoms with van der Waals surface area (Å²) in [7, 11) is -3.73. The number of fused-ring (bicyclic) bond motifs is 1. The van der Waals surface area contributed by atoms with Crippen LogP contribution in [0.2, 0.25) is 0 Å². The van der Waals surface area contributed by atoms with Crippen molar-refractivity contribution in [3.8, 4) is 11.1 Å². The second-order valence-corrected chi connectivity index (χ2v) is 9.81. The fourth-order valence-electron chi connectivity index (χ4n) is 4.29. The maximum atomic E-state index is 13.7. The molecule has 1 saturated heterocycles. The van der Waals surface area contributed by atoms with Crippen molar-refractivity contribution in [2.75, 3.05) is 18.0 Å². The molecule has 6 nitrogen and oxygen atoms in total. The Kier molecular flexibility index (Phi) is 5.19. The molecule has 0 atom stereocenters. The fourth-order valence-corrected chi connectivity index (χ4v) is 5.37. The molecule has 0 radical (unpaired) electrons. The van der Waals surface area contributed by atoms with Gasteiger partial charge in [-0.1, -0.05) is 48.5 Å². The van der Waals surface area contributed by atoms with E-state index < -0.39 is 16.1 Å². The van der Waals surface area contributed by atoms with Gasteiger partial charge in [0.05, 0.1) is 6.54 Å². The van der Waals surface area contributed by atoms with Crippen molar-refractivity contribution in [1.29, 1.82) is 0 Å². The van der Waals surface area contributed by atoms with Crippen molar-refractivity contribution in [1.82, 2.24) is 9.03 Å². The van der Waals surface area contributed by atoms with Gasteiger partial charge in [-0.05, 0) is 52.4 Å². The van der Waals surface area contributed by atoms with Crippen LogP contribution in [0, 0.1) is 5.82 Å². The van der Waals surface area contributed by atoms with Gasteiger partial charge >= 0.3 is 10.2 Å². The molecule has 3 aromatic rings. The molecule has 32 heavy (non-hydrogen) atoms. The number of halogens is 1. The Bertz CT molecular complexity index is 1290. The first-order valence-corrected chi connectivity index (χ1v) is 11.8. The molecule has 0 bridgehead atoms. The summed E-state index contributed by atoms with van der Waals surface area (Å²) in [4.78, 5) is 13.6. The molecule has 2 aliphatic rings. The van der Waals surface area contributed by atoms with Crippen LogP contribution < -0.4 is 9.62 Å². The van der Waals surface area contributed by atoms with Crippen LogP contribution in [0.3, 0.4) is 0 Å². The second kappa shape index (κ2) is 8.03. The van der Waals surface area contributed by atoms with E-state index in [2.05, 4.69) is 17.0 Å². The number of benzene rings is 3. The lowest BCUT2D eigenvalue weighted by Gasteiger charge is -2.20. The van der Waals surface area contributed by atoms with Crippen LogP contribution in [0.15, 0.2) is 66.7 Å². The zero-order valence-corrected chi connectivity index (χ0v) is 18.1. The Balaban J connectivity index is 1.31. The van der Waals surface area contributed by atoms with E-state index in [4.69, 9.17) is 0 Å². The monoisotopic (exact) mass is 451 g/mol. The molecular formula is C24H22FN3O3S. The van der Waals surface area contributed by atoms with E-state index >= 15 is 0 Å². The van der Waals surface area contributed by atoms with Gasteiger partial charge < -0.3 is 4.90 Å². The van der Waals surface area contributed by atoms with Gasteiger partial charge in [0, 0.05) is 25.3 Å². The third kappa shape index (κ3) is 4.11. The lowest BCUT2D eigenvalue weighted by atomic mass is 10.0. The number of hydrogen-bond acceptors (Lipinski definition) is 4. The fraction of sp³-hybridized carbons (Fsp3) is 0.208. The summed E-state index contributed by atoms with van der Waals surface area (Å²) in [5, 5.41) is 0. The highest BCUT2D eigenvalue weighted by atomic mass is 32.2. The third-order valence-electron chi connectivity index (χ3n) is 5.89. The highest BCUT2D eigenvalue weighted by Crippen LogP contribution is 2.31.